The average Bonchev–Trinajstić information content (AvgIpc) is 2.72. The molecule has 0 bridgehead atoms. The molecule has 0 saturated heterocycles. The Bertz CT molecular complexity index is 988. The van der Waals surface area contributed by atoms with Crippen LogP contribution in [0.25, 0.3) is 0 Å². The van der Waals surface area contributed by atoms with Crippen molar-refractivity contribution in [3.8, 4) is 5.75 Å². The summed E-state index contributed by atoms with van der Waals surface area (Å²) in [6.45, 7) is 0.363. The number of carbonyl (C=O) groups excluding carboxylic acids is 2. The van der Waals surface area contributed by atoms with Crippen molar-refractivity contribution in [2.24, 2.45) is 0 Å². The van der Waals surface area contributed by atoms with Gasteiger partial charge >= 0.3 is 0 Å². The number of nitrogens with one attached hydrogen (secondary N) is 2. The molecule has 3 aromatic carbocycles. The minimum Gasteiger partial charge on any atom is -0.484 e. The molecule has 30 heavy (non-hydrogen) atoms. The molecule has 154 valence electrons. The molecule has 0 aliphatic rings. The van der Waals surface area contributed by atoms with Gasteiger partial charge in [0.2, 0.25) is 0 Å². The number of rotatable bonds is 8. The van der Waals surface area contributed by atoms with E-state index in [1.165, 1.54) is 5.56 Å². The number of anilines is 1. The van der Waals surface area contributed by atoms with Gasteiger partial charge in [-0.2, -0.15) is 0 Å². The molecule has 2 N–H and O–H groups in total. The first-order valence-electron chi connectivity index (χ1n) is 9.30. The third-order valence-electron chi connectivity index (χ3n) is 4.17. The van der Waals surface area contributed by atoms with Crippen molar-refractivity contribution >= 4 is 40.7 Å². The SMILES string of the molecule is O=C(COc1ccc(C(=O)NCCc2ccccc2)cc1)Nc1cc(Cl)cc(Cl)c1. The van der Waals surface area contributed by atoms with Gasteiger partial charge in [-0.3, -0.25) is 9.59 Å². The molecule has 0 unspecified atom stereocenters. The van der Waals surface area contributed by atoms with Crippen molar-refractivity contribution in [1.29, 1.82) is 0 Å². The Morgan fingerprint density at radius 3 is 2.20 bits per heavy atom. The van der Waals surface area contributed by atoms with Crippen molar-refractivity contribution < 1.29 is 14.3 Å². The van der Waals surface area contributed by atoms with Crippen molar-refractivity contribution in [3.05, 3.63) is 94.0 Å². The van der Waals surface area contributed by atoms with Crippen LogP contribution in [0.3, 0.4) is 0 Å². The van der Waals surface area contributed by atoms with Crippen molar-refractivity contribution in [3.63, 3.8) is 0 Å². The average molecular weight is 443 g/mol. The van der Waals surface area contributed by atoms with E-state index in [0.717, 1.165) is 6.42 Å². The number of ether oxygens (including phenoxy) is 1. The Hall–Kier alpha value is -3.02. The third kappa shape index (κ3) is 6.79. The highest BCUT2D eigenvalue weighted by Gasteiger charge is 2.08. The smallest absolute Gasteiger partial charge is 0.262 e. The van der Waals surface area contributed by atoms with Crippen LogP contribution in [0.2, 0.25) is 10.0 Å². The summed E-state index contributed by atoms with van der Waals surface area (Å²) < 4.78 is 5.46. The Morgan fingerprint density at radius 2 is 1.53 bits per heavy atom. The van der Waals surface area contributed by atoms with E-state index >= 15 is 0 Å². The van der Waals surface area contributed by atoms with E-state index in [0.29, 0.717) is 33.6 Å². The molecule has 0 aliphatic heterocycles. The molecule has 0 spiro atoms. The Kier molecular flexibility index (Phi) is 7.71. The quantitative estimate of drug-likeness (QED) is 0.516. The minimum absolute atomic E-state index is 0.159. The molecule has 7 heteroatoms. The summed E-state index contributed by atoms with van der Waals surface area (Å²) in [4.78, 5) is 24.3. The van der Waals surface area contributed by atoms with Crippen LogP contribution in [-0.4, -0.2) is 25.0 Å². The molecular formula is C23H20Cl2N2O3. The van der Waals surface area contributed by atoms with Gasteiger partial charge in [-0.1, -0.05) is 53.5 Å². The summed E-state index contributed by atoms with van der Waals surface area (Å²) in [5, 5.41) is 6.41. The van der Waals surface area contributed by atoms with E-state index in [2.05, 4.69) is 10.6 Å². The van der Waals surface area contributed by atoms with Crippen LogP contribution in [-0.2, 0) is 11.2 Å². The van der Waals surface area contributed by atoms with Crippen LogP contribution in [0.5, 0.6) is 5.75 Å². The summed E-state index contributed by atoms with van der Waals surface area (Å²) in [5.41, 5.74) is 2.18. The normalized spacial score (nSPS) is 10.3. The molecular weight excluding hydrogens is 423 g/mol. The van der Waals surface area contributed by atoms with Gasteiger partial charge in [0.1, 0.15) is 5.75 Å². The summed E-state index contributed by atoms with van der Waals surface area (Å²) >= 11 is 11.8. The predicted molar refractivity (Wildman–Crippen MR) is 120 cm³/mol. The maximum absolute atomic E-state index is 12.2. The van der Waals surface area contributed by atoms with Gasteiger partial charge in [-0.25, -0.2) is 0 Å². The lowest BCUT2D eigenvalue weighted by Crippen LogP contribution is -2.25. The molecule has 2 amide bonds. The van der Waals surface area contributed by atoms with Crippen molar-refractivity contribution in [1.82, 2.24) is 5.32 Å². The molecule has 0 aromatic heterocycles. The maximum Gasteiger partial charge on any atom is 0.262 e. The molecule has 0 radical (unpaired) electrons. The Labute approximate surface area is 185 Å². The molecule has 0 heterocycles. The summed E-state index contributed by atoms with van der Waals surface area (Å²) in [6.07, 6.45) is 0.765. The summed E-state index contributed by atoms with van der Waals surface area (Å²) in [7, 11) is 0. The molecule has 5 nitrogen and oxygen atoms in total. The van der Waals surface area contributed by atoms with E-state index in [9.17, 15) is 9.59 Å². The second-order valence-electron chi connectivity index (χ2n) is 6.51. The highest BCUT2D eigenvalue weighted by atomic mass is 35.5. The van der Waals surface area contributed by atoms with Gasteiger partial charge in [0.15, 0.2) is 6.61 Å². The maximum atomic E-state index is 12.2. The minimum atomic E-state index is -0.351. The Morgan fingerprint density at radius 1 is 0.867 bits per heavy atom. The van der Waals surface area contributed by atoms with Crippen LogP contribution in [0, 0.1) is 0 Å². The second-order valence-corrected chi connectivity index (χ2v) is 7.38. The molecule has 0 aliphatic carbocycles. The molecule has 3 rings (SSSR count). The molecule has 0 atom stereocenters. The van der Waals surface area contributed by atoms with E-state index in [-0.39, 0.29) is 18.4 Å². The number of benzene rings is 3. The number of amides is 2. The fraction of sp³-hybridized carbons (Fsp3) is 0.130. The van der Waals surface area contributed by atoms with Crippen LogP contribution < -0.4 is 15.4 Å². The lowest BCUT2D eigenvalue weighted by molar-refractivity contribution is -0.118. The van der Waals surface area contributed by atoms with E-state index in [1.807, 2.05) is 30.3 Å². The molecule has 0 fully saturated rings. The number of hydrogen-bond acceptors (Lipinski definition) is 3. The topological polar surface area (TPSA) is 67.4 Å². The zero-order valence-corrected chi connectivity index (χ0v) is 17.5. The van der Waals surface area contributed by atoms with Crippen LogP contribution in [0.4, 0.5) is 5.69 Å². The van der Waals surface area contributed by atoms with Gasteiger partial charge in [0, 0.05) is 27.8 Å². The predicted octanol–water partition coefficient (Wildman–Crippen LogP) is 4.98. The first-order valence-corrected chi connectivity index (χ1v) is 10.1. The monoisotopic (exact) mass is 442 g/mol. The lowest BCUT2D eigenvalue weighted by atomic mass is 10.1. The van der Waals surface area contributed by atoms with E-state index in [1.54, 1.807) is 42.5 Å². The van der Waals surface area contributed by atoms with Crippen LogP contribution in [0.1, 0.15) is 15.9 Å². The fourth-order valence-corrected chi connectivity index (χ4v) is 3.27. The summed E-state index contributed by atoms with van der Waals surface area (Å²) in [6, 6.07) is 21.3. The second kappa shape index (κ2) is 10.7. The van der Waals surface area contributed by atoms with Crippen molar-refractivity contribution in [2.75, 3.05) is 18.5 Å². The standard InChI is InChI=1S/C23H20Cl2N2O3/c24-18-12-19(25)14-20(13-18)27-22(28)15-30-21-8-6-17(7-9-21)23(29)26-11-10-16-4-2-1-3-5-16/h1-9,12-14H,10-11,15H2,(H,26,29)(H,27,28). The van der Waals surface area contributed by atoms with Gasteiger partial charge in [0.05, 0.1) is 0 Å². The van der Waals surface area contributed by atoms with Gasteiger partial charge < -0.3 is 15.4 Å². The zero-order valence-electron chi connectivity index (χ0n) is 16.0. The highest BCUT2D eigenvalue weighted by Crippen LogP contribution is 2.22. The number of carbonyl (C=O) groups is 2. The lowest BCUT2D eigenvalue weighted by Gasteiger charge is -2.09. The first-order chi connectivity index (χ1) is 14.5. The Balaban J connectivity index is 1.44. The zero-order chi connectivity index (χ0) is 21.3. The fourth-order valence-electron chi connectivity index (χ4n) is 2.74. The van der Waals surface area contributed by atoms with E-state index < -0.39 is 0 Å². The van der Waals surface area contributed by atoms with Crippen LogP contribution >= 0.6 is 23.2 Å². The van der Waals surface area contributed by atoms with Gasteiger partial charge in [-0.05, 0) is 54.4 Å². The summed E-state index contributed by atoms with van der Waals surface area (Å²) in [5.74, 6) is -0.0285. The highest BCUT2D eigenvalue weighted by molar-refractivity contribution is 6.35. The third-order valence-corrected chi connectivity index (χ3v) is 4.61. The van der Waals surface area contributed by atoms with Crippen molar-refractivity contribution in [2.45, 2.75) is 6.42 Å². The van der Waals surface area contributed by atoms with Crippen LogP contribution in [0.15, 0.2) is 72.8 Å². The largest absolute Gasteiger partial charge is 0.484 e. The first kappa shape index (κ1) is 21.7. The molecule has 0 saturated carbocycles. The number of halogens is 2. The van der Waals surface area contributed by atoms with Gasteiger partial charge in [0.25, 0.3) is 11.8 Å². The van der Waals surface area contributed by atoms with Gasteiger partial charge in [-0.15, -0.1) is 0 Å². The number of hydrogen-bond donors (Lipinski definition) is 2. The van der Waals surface area contributed by atoms with E-state index in [4.69, 9.17) is 27.9 Å². The molecule has 3 aromatic rings.